The van der Waals surface area contributed by atoms with E-state index >= 15 is 0 Å². The molecule has 1 aliphatic heterocycles. The number of nitrogens with one attached hydrogen (secondary N) is 2. The van der Waals surface area contributed by atoms with Gasteiger partial charge in [0.1, 0.15) is 5.69 Å². The zero-order valence-corrected chi connectivity index (χ0v) is 8.64. The number of fused-ring (bicyclic) bond motifs is 1. The molecule has 5 heteroatoms. The van der Waals surface area contributed by atoms with E-state index in [0.717, 1.165) is 5.69 Å². The van der Waals surface area contributed by atoms with E-state index in [-0.39, 0.29) is 5.91 Å². The fraction of sp³-hybridized carbons (Fsp3) is 0.400. The zero-order valence-electron chi connectivity index (χ0n) is 8.64. The van der Waals surface area contributed by atoms with Gasteiger partial charge in [-0.3, -0.25) is 4.79 Å². The Morgan fingerprint density at radius 2 is 2.27 bits per heavy atom. The number of carbonyl (C=O) groups is 2. The van der Waals surface area contributed by atoms with Gasteiger partial charge in [-0.15, -0.1) is 0 Å². The molecule has 1 amide bonds. The largest absolute Gasteiger partial charge is 0.461 e. The van der Waals surface area contributed by atoms with Crippen molar-refractivity contribution in [3.8, 4) is 0 Å². The molecule has 0 atom stereocenters. The normalized spacial score (nSPS) is 13.6. The average Bonchev–Trinajstić information content (AvgIpc) is 2.70. The van der Waals surface area contributed by atoms with E-state index in [9.17, 15) is 9.59 Å². The summed E-state index contributed by atoms with van der Waals surface area (Å²) >= 11 is 0. The standard InChI is InChI=1S/C10H12N2O3/c1-3-15-10(14)8-5(2)7-6(12-8)4-11-9(7)13/h12H,3-4H2,1-2H3,(H,11,13). The molecule has 0 saturated carbocycles. The molecule has 0 bridgehead atoms. The number of esters is 1. The number of carbonyl (C=O) groups excluding carboxylic acids is 2. The van der Waals surface area contributed by atoms with Crippen LogP contribution in [0.15, 0.2) is 0 Å². The van der Waals surface area contributed by atoms with E-state index in [1.165, 1.54) is 0 Å². The maximum absolute atomic E-state index is 11.5. The summed E-state index contributed by atoms with van der Waals surface area (Å²) in [6, 6.07) is 0. The molecule has 1 aliphatic rings. The maximum atomic E-state index is 11.5. The molecule has 0 spiro atoms. The van der Waals surface area contributed by atoms with Crippen molar-refractivity contribution >= 4 is 11.9 Å². The molecule has 0 saturated heterocycles. The van der Waals surface area contributed by atoms with Crippen LogP contribution in [0.5, 0.6) is 0 Å². The predicted molar refractivity (Wildman–Crippen MR) is 52.7 cm³/mol. The second-order valence-electron chi connectivity index (χ2n) is 3.38. The van der Waals surface area contributed by atoms with Crippen molar-refractivity contribution in [3.05, 3.63) is 22.5 Å². The van der Waals surface area contributed by atoms with Crippen LogP contribution in [0, 0.1) is 6.92 Å². The number of aromatic nitrogens is 1. The lowest BCUT2D eigenvalue weighted by Crippen LogP contribution is -2.15. The van der Waals surface area contributed by atoms with Crippen LogP contribution >= 0.6 is 0 Å². The fourth-order valence-electron chi connectivity index (χ4n) is 1.76. The molecule has 2 N–H and O–H groups in total. The molecule has 80 valence electrons. The summed E-state index contributed by atoms with van der Waals surface area (Å²) in [6.45, 7) is 4.27. The monoisotopic (exact) mass is 208 g/mol. The Balaban J connectivity index is 2.40. The molecule has 0 radical (unpaired) electrons. The quantitative estimate of drug-likeness (QED) is 0.704. The van der Waals surface area contributed by atoms with Gasteiger partial charge in [0, 0.05) is 5.69 Å². The van der Waals surface area contributed by atoms with Gasteiger partial charge in [-0.2, -0.15) is 0 Å². The first-order chi connectivity index (χ1) is 7.15. The lowest BCUT2D eigenvalue weighted by atomic mass is 10.1. The molecule has 15 heavy (non-hydrogen) atoms. The van der Waals surface area contributed by atoms with Gasteiger partial charge in [0.15, 0.2) is 0 Å². The van der Waals surface area contributed by atoms with Crippen LogP contribution in [0.25, 0.3) is 0 Å². The third-order valence-electron chi connectivity index (χ3n) is 2.46. The van der Waals surface area contributed by atoms with Gasteiger partial charge < -0.3 is 15.0 Å². The van der Waals surface area contributed by atoms with Crippen LogP contribution in [-0.2, 0) is 11.3 Å². The third kappa shape index (κ3) is 1.40. The Morgan fingerprint density at radius 1 is 1.53 bits per heavy atom. The lowest BCUT2D eigenvalue weighted by molar-refractivity contribution is 0.0519. The first-order valence-corrected chi connectivity index (χ1v) is 4.82. The summed E-state index contributed by atoms with van der Waals surface area (Å²) in [5, 5.41) is 2.68. The second kappa shape index (κ2) is 3.42. The average molecular weight is 208 g/mol. The molecule has 2 heterocycles. The van der Waals surface area contributed by atoms with Crippen molar-refractivity contribution in [1.82, 2.24) is 10.3 Å². The number of aromatic amines is 1. The molecule has 0 aliphatic carbocycles. The van der Waals surface area contributed by atoms with Gasteiger partial charge in [-0.1, -0.05) is 0 Å². The molecule has 0 unspecified atom stereocenters. The molecule has 1 aromatic rings. The fourth-order valence-corrected chi connectivity index (χ4v) is 1.76. The summed E-state index contributed by atoms with van der Waals surface area (Å²) in [7, 11) is 0. The molecule has 0 fully saturated rings. The van der Waals surface area contributed by atoms with Crippen LogP contribution in [0.4, 0.5) is 0 Å². The van der Waals surface area contributed by atoms with Gasteiger partial charge in [0.25, 0.3) is 5.91 Å². The topological polar surface area (TPSA) is 71.2 Å². The zero-order chi connectivity index (χ0) is 11.0. The highest BCUT2D eigenvalue weighted by Crippen LogP contribution is 2.22. The molecule has 2 rings (SSSR count). The number of hydrogen-bond acceptors (Lipinski definition) is 3. The first-order valence-electron chi connectivity index (χ1n) is 4.82. The number of amides is 1. The Kier molecular flexibility index (Phi) is 2.22. The van der Waals surface area contributed by atoms with Gasteiger partial charge in [0.2, 0.25) is 0 Å². The minimum atomic E-state index is -0.405. The summed E-state index contributed by atoms with van der Waals surface area (Å²) in [6.07, 6.45) is 0. The van der Waals surface area contributed by atoms with Crippen LogP contribution in [0.3, 0.4) is 0 Å². The smallest absolute Gasteiger partial charge is 0.355 e. The Morgan fingerprint density at radius 3 is 2.87 bits per heavy atom. The first kappa shape index (κ1) is 9.76. The molecular weight excluding hydrogens is 196 g/mol. The van der Waals surface area contributed by atoms with Crippen molar-refractivity contribution in [1.29, 1.82) is 0 Å². The predicted octanol–water partition coefficient (Wildman–Crippen LogP) is 0.743. The molecular formula is C10H12N2O3. The van der Waals surface area contributed by atoms with Crippen molar-refractivity contribution in [3.63, 3.8) is 0 Å². The van der Waals surface area contributed by atoms with Gasteiger partial charge in [0.05, 0.1) is 18.7 Å². The molecule has 0 aromatic carbocycles. The van der Waals surface area contributed by atoms with Crippen LogP contribution in [-0.4, -0.2) is 23.5 Å². The minimum Gasteiger partial charge on any atom is -0.461 e. The van der Waals surface area contributed by atoms with Gasteiger partial charge >= 0.3 is 5.97 Å². The van der Waals surface area contributed by atoms with Crippen molar-refractivity contribution in [2.75, 3.05) is 6.61 Å². The summed E-state index contributed by atoms with van der Waals surface area (Å²) < 4.78 is 4.88. The SMILES string of the molecule is CCOC(=O)c1[nH]c2c(c1C)C(=O)NC2. The van der Waals surface area contributed by atoms with Crippen LogP contribution < -0.4 is 5.32 Å². The summed E-state index contributed by atoms with van der Waals surface area (Å²) in [4.78, 5) is 25.8. The van der Waals surface area contributed by atoms with Crippen molar-refractivity contribution < 1.29 is 14.3 Å². The number of ether oxygens (including phenoxy) is 1. The highest BCUT2D eigenvalue weighted by atomic mass is 16.5. The third-order valence-corrected chi connectivity index (χ3v) is 2.46. The lowest BCUT2D eigenvalue weighted by Gasteiger charge is -2.01. The summed E-state index contributed by atoms with van der Waals surface area (Å²) in [5.74, 6) is -0.536. The Hall–Kier alpha value is -1.78. The van der Waals surface area contributed by atoms with Crippen molar-refractivity contribution in [2.45, 2.75) is 20.4 Å². The Labute approximate surface area is 86.8 Å². The highest BCUT2D eigenvalue weighted by Gasteiger charge is 2.28. The number of H-pyrrole nitrogens is 1. The molecule has 5 nitrogen and oxygen atoms in total. The van der Waals surface area contributed by atoms with Gasteiger partial charge in [-0.05, 0) is 19.4 Å². The number of hydrogen-bond donors (Lipinski definition) is 2. The summed E-state index contributed by atoms with van der Waals surface area (Å²) in [5.41, 5.74) is 2.40. The number of rotatable bonds is 2. The van der Waals surface area contributed by atoms with Crippen LogP contribution in [0.2, 0.25) is 0 Å². The minimum absolute atomic E-state index is 0.130. The van der Waals surface area contributed by atoms with E-state index in [0.29, 0.717) is 30.0 Å². The van der Waals surface area contributed by atoms with E-state index in [1.54, 1.807) is 13.8 Å². The van der Waals surface area contributed by atoms with Gasteiger partial charge in [-0.25, -0.2) is 4.79 Å². The van der Waals surface area contributed by atoms with Crippen LogP contribution in [0.1, 0.15) is 39.0 Å². The maximum Gasteiger partial charge on any atom is 0.355 e. The van der Waals surface area contributed by atoms with E-state index < -0.39 is 5.97 Å². The highest BCUT2D eigenvalue weighted by molar-refractivity contribution is 6.03. The van der Waals surface area contributed by atoms with E-state index in [1.807, 2.05) is 0 Å². The second-order valence-corrected chi connectivity index (χ2v) is 3.38. The van der Waals surface area contributed by atoms with E-state index in [2.05, 4.69) is 10.3 Å². The molecule has 1 aromatic heterocycles. The van der Waals surface area contributed by atoms with Crippen molar-refractivity contribution in [2.24, 2.45) is 0 Å². The van der Waals surface area contributed by atoms with E-state index in [4.69, 9.17) is 4.74 Å². The Bertz CT molecular complexity index is 434.